The summed E-state index contributed by atoms with van der Waals surface area (Å²) in [5, 5.41) is 6.84. The number of aromatic nitrogens is 2. The van der Waals surface area contributed by atoms with Gasteiger partial charge >= 0.3 is 5.97 Å². The van der Waals surface area contributed by atoms with Crippen LogP contribution in [0.2, 0.25) is 0 Å². The quantitative estimate of drug-likeness (QED) is 0.652. The molecule has 0 spiro atoms. The zero-order chi connectivity index (χ0) is 19.4. The van der Waals surface area contributed by atoms with Gasteiger partial charge < -0.3 is 9.26 Å². The normalized spacial score (nSPS) is 10.6. The van der Waals surface area contributed by atoms with Gasteiger partial charge in [-0.15, -0.1) is 11.3 Å². The number of carbonyl (C=O) groups is 2. The fraction of sp³-hybridized carbons (Fsp3) is 0.263. The number of benzene rings is 1. The second-order valence-corrected chi connectivity index (χ2v) is 7.00. The predicted octanol–water partition coefficient (Wildman–Crippen LogP) is 3.57. The summed E-state index contributed by atoms with van der Waals surface area (Å²) in [6.45, 7) is 3.36. The van der Waals surface area contributed by atoms with Gasteiger partial charge in [-0.05, 0) is 32.3 Å². The third-order valence-electron chi connectivity index (χ3n) is 4.04. The molecule has 2 heterocycles. The number of nitrogens with one attached hydrogen (secondary N) is 1. The first-order chi connectivity index (χ1) is 13.0. The van der Waals surface area contributed by atoms with Crippen molar-refractivity contribution in [2.24, 2.45) is 0 Å². The van der Waals surface area contributed by atoms with E-state index in [2.05, 4.69) is 15.5 Å². The van der Waals surface area contributed by atoms with E-state index in [9.17, 15) is 9.59 Å². The molecule has 0 aliphatic rings. The third kappa shape index (κ3) is 4.22. The number of anilines is 1. The molecule has 0 aliphatic heterocycles. The number of carbonyl (C=O) groups excluding carboxylic acids is 2. The van der Waals surface area contributed by atoms with Crippen LogP contribution in [0.3, 0.4) is 0 Å². The van der Waals surface area contributed by atoms with Crippen LogP contribution in [0.1, 0.15) is 42.7 Å². The molecular formula is C19H19N3O4S. The fourth-order valence-electron chi connectivity index (χ4n) is 2.70. The minimum absolute atomic E-state index is 0.229. The Hall–Kier alpha value is -3.00. The van der Waals surface area contributed by atoms with E-state index in [-0.39, 0.29) is 11.6 Å². The molecule has 0 radical (unpaired) electrons. The Labute approximate surface area is 160 Å². The number of hydrogen-bond acceptors (Lipinski definition) is 7. The molecule has 140 valence electrons. The molecule has 0 unspecified atom stereocenters. The molecule has 0 saturated carbocycles. The fourth-order valence-corrected chi connectivity index (χ4v) is 3.64. The lowest BCUT2D eigenvalue weighted by Gasteiger charge is -2.01. The Balaban J connectivity index is 1.81. The molecule has 3 rings (SSSR count). The van der Waals surface area contributed by atoms with Crippen LogP contribution in [0, 0.1) is 13.8 Å². The number of rotatable bonds is 6. The molecule has 0 aliphatic carbocycles. The second kappa shape index (κ2) is 8.13. The van der Waals surface area contributed by atoms with E-state index in [1.807, 2.05) is 30.3 Å². The number of methoxy groups -OCH3 is 1. The summed E-state index contributed by atoms with van der Waals surface area (Å²) in [7, 11) is 1.31. The summed E-state index contributed by atoms with van der Waals surface area (Å²) < 4.78 is 9.85. The van der Waals surface area contributed by atoms with Gasteiger partial charge in [-0.3, -0.25) is 10.1 Å². The van der Waals surface area contributed by atoms with Gasteiger partial charge in [0.05, 0.1) is 12.8 Å². The average Bonchev–Trinajstić information content (AvgIpc) is 3.22. The number of amides is 1. The van der Waals surface area contributed by atoms with Gasteiger partial charge in [-0.25, -0.2) is 9.78 Å². The molecule has 0 atom stereocenters. The van der Waals surface area contributed by atoms with Crippen molar-refractivity contribution in [2.45, 2.75) is 26.7 Å². The lowest BCUT2D eigenvalue weighted by atomic mass is 10.1. The lowest BCUT2D eigenvalue weighted by molar-refractivity contribution is 0.0593. The molecule has 2 aromatic heterocycles. The molecule has 0 saturated heterocycles. The van der Waals surface area contributed by atoms with E-state index in [0.717, 1.165) is 16.9 Å². The van der Waals surface area contributed by atoms with Crippen LogP contribution in [0.25, 0.3) is 0 Å². The molecule has 0 bridgehead atoms. The molecule has 1 N–H and O–H groups in total. The molecule has 3 aromatic rings. The molecule has 1 aromatic carbocycles. The first kappa shape index (κ1) is 18.8. The molecule has 8 heteroatoms. The molecule has 7 nitrogen and oxygen atoms in total. The van der Waals surface area contributed by atoms with Crippen molar-refractivity contribution in [3.63, 3.8) is 0 Å². The van der Waals surface area contributed by atoms with E-state index in [0.29, 0.717) is 28.6 Å². The van der Waals surface area contributed by atoms with Crippen molar-refractivity contribution in [1.29, 1.82) is 0 Å². The number of hydrogen-bond donors (Lipinski definition) is 1. The summed E-state index contributed by atoms with van der Waals surface area (Å²) in [6.07, 6.45) is 1.37. The summed E-state index contributed by atoms with van der Waals surface area (Å²) in [5.74, 6) is -0.461. The Kier molecular flexibility index (Phi) is 5.66. The van der Waals surface area contributed by atoms with E-state index in [1.54, 1.807) is 13.8 Å². The summed E-state index contributed by atoms with van der Waals surface area (Å²) in [6, 6.07) is 9.95. The summed E-state index contributed by atoms with van der Waals surface area (Å²) >= 11 is 1.26. The van der Waals surface area contributed by atoms with E-state index in [1.165, 1.54) is 18.4 Å². The Morgan fingerprint density at radius 3 is 2.56 bits per heavy atom. The van der Waals surface area contributed by atoms with Crippen LogP contribution in [0.4, 0.5) is 5.13 Å². The zero-order valence-corrected chi connectivity index (χ0v) is 16.1. The molecular weight excluding hydrogens is 366 g/mol. The first-order valence-electron chi connectivity index (χ1n) is 8.35. The Morgan fingerprint density at radius 1 is 1.19 bits per heavy atom. The molecule has 27 heavy (non-hydrogen) atoms. The van der Waals surface area contributed by atoms with Crippen molar-refractivity contribution in [1.82, 2.24) is 10.1 Å². The predicted molar refractivity (Wildman–Crippen MR) is 101 cm³/mol. The van der Waals surface area contributed by atoms with Crippen LogP contribution < -0.4 is 5.32 Å². The number of ether oxygens (including phenoxy) is 1. The smallest absolute Gasteiger partial charge is 0.357 e. The molecule has 1 amide bonds. The van der Waals surface area contributed by atoms with Crippen molar-refractivity contribution in [2.75, 3.05) is 12.4 Å². The van der Waals surface area contributed by atoms with Gasteiger partial charge in [-0.1, -0.05) is 35.5 Å². The van der Waals surface area contributed by atoms with E-state index in [4.69, 9.17) is 9.26 Å². The third-order valence-corrected chi connectivity index (χ3v) is 5.07. The van der Waals surface area contributed by atoms with Crippen molar-refractivity contribution >= 4 is 28.3 Å². The summed E-state index contributed by atoms with van der Waals surface area (Å²) in [5.41, 5.74) is 2.25. The van der Waals surface area contributed by atoms with Crippen LogP contribution in [0.15, 0.2) is 34.9 Å². The highest BCUT2D eigenvalue weighted by molar-refractivity contribution is 7.16. The van der Waals surface area contributed by atoms with Gasteiger partial charge in [0.25, 0.3) is 5.91 Å². The number of thiazole rings is 1. The maximum atomic E-state index is 12.5. The average molecular weight is 385 g/mol. The largest absolute Gasteiger partial charge is 0.464 e. The second-order valence-electron chi connectivity index (χ2n) is 5.92. The Bertz CT molecular complexity index is 943. The van der Waals surface area contributed by atoms with Crippen LogP contribution in [0.5, 0.6) is 0 Å². The van der Waals surface area contributed by atoms with Crippen LogP contribution in [-0.2, 0) is 17.6 Å². The first-order valence-corrected chi connectivity index (χ1v) is 9.17. The maximum absolute atomic E-state index is 12.5. The number of esters is 1. The van der Waals surface area contributed by atoms with E-state index >= 15 is 0 Å². The minimum atomic E-state index is -0.521. The van der Waals surface area contributed by atoms with Gasteiger partial charge in [0.1, 0.15) is 11.3 Å². The van der Waals surface area contributed by atoms with E-state index < -0.39 is 5.97 Å². The highest BCUT2D eigenvalue weighted by Gasteiger charge is 2.22. The topological polar surface area (TPSA) is 94.3 Å². The van der Waals surface area contributed by atoms with Crippen molar-refractivity contribution in [3.8, 4) is 0 Å². The standard InChI is InChI=1S/C19H19N3O4S/c1-11-15(12(2)26-22-11)17(23)21-19-20-16(18(24)25-3)14(27-19)10-9-13-7-5-4-6-8-13/h4-8H,9-10H2,1-3H3,(H,20,21,23). The highest BCUT2D eigenvalue weighted by atomic mass is 32.1. The number of nitrogens with zero attached hydrogens (tertiary/aromatic N) is 2. The van der Waals surface area contributed by atoms with Gasteiger partial charge in [-0.2, -0.15) is 0 Å². The monoisotopic (exact) mass is 385 g/mol. The lowest BCUT2D eigenvalue weighted by Crippen LogP contribution is -2.13. The zero-order valence-electron chi connectivity index (χ0n) is 15.2. The maximum Gasteiger partial charge on any atom is 0.357 e. The van der Waals surface area contributed by atoms with Crippen molar-refractivity contribution < 1.29 is 18.8 Å². The molecule has 0 fully saturated rings. The van der Waals surface area contributed by atoms with Crippen LogP contribution in [-0.4, -0.2) is 29.1 Å². The van der Waals surface area contributed by atoms with Crippen molar-refractivity contribution in [3.05, 3.63) is 63.5 Å². The van der Waals surface area contributed by atoms with Gasteiger partial charge in [0.15, 0.2) is 10.8 Å². The van der Waals surface area contributed by atoms with Gasteiger partial charge in [0, 0.05) is 4.88 Å². The summed E-state index contributed by atoms with van der Waals surface area (Å²) in [4.78, 5) is 29.6. The minimum Gasteiger partial charge on any atom is -0.464 e. The number of aryl methyl sites for hydroxylation is 4. The SMILES string of the molecule is COC(=O)c1nc(NC(=O)c2c(C)noc2C)sc1CCc1ccccc1. The van der Waals surface area contributed by atoms with Crippen LogP contribution >= 0.6 is 11.3 Å². The Morgan fingerprint density at radius 2 is 1.93 bits per heavy atom. The highest BCUT2D eigenvalue weighted by Crippen LogP contribution is 2.26. The van der Waals surface area contributed by atoms with Gasteiger partial charge in [0.2, 0.25) is 0 Å².